The number of hydrogen-bond acceptors (Lipinski definition) is 2. The zero-order valence-electron chi connectivity index (χ0n) is 11.1. The fraction of sp³-hybridized carbons (Fsp3) is 0.133. The van der Waals surface area contributed by atoms with Crippen molar-refractivity contribution in [3.05, 3.63) is 53.6 Å². The molecule has 3 nitrogen and oxygen atoms in total. The first-order valence-corrected chi connectivity index (χ1v) is 6.28. The van der Waals surface area contributed by atoms with Crippen LogP contribution in [0.4, 0.5) is 19.1 Å². The van der Waals surface area contributed by atoms with E-state index in [0.29, 0.717) is 16.7 Å². The van der Waals surface area contributed by atoms with Crippen LogP contribution in [0.2, 0.25) is 0 Å². The van der Waals surface area contributed by atoms with Crippen molar-refractivity contribution in [3.63, 3.8) is 0 Å². The van der Waals surface area contributed by atoms with Crippen molar-refractivity contribution in [1.29, 1.82) is 0 Å². The zero-order valence-corrected chi connectivity index (χ0v) is 11.1. The molecule has 1 aromatic heterocycles. The van der Waals surface area contributed by atoms with Gasteiger partial charge in [0.25, 0.3) is 0 Å². The summed E-state index contributed by atoms with van der Waals surface area (Å²) in [6.45, 7) is 1.90. The Morgan fingerprint density at radius 3 is 2.57 bits per heavy atom. The second kappa shape index (κ2) is 4.51. The van der Waals surface area contributed by atoms with Gasteiger partial charge in [0.15, 0.2) is 0 Å². The van der Waals surface area contributed by atoms with Crippen molar-refractivity contribution >= 4 is 17.0 Å². The van der Waals surface area contributed by atoms with Crippen LogP contribution in [0.5, 0.6) is 0 Å². The van der Waals surface area contributed by atoms with Crippen molar-refractivity contribution in [3.8, 4) is 5.69 Å². The van der Waals surface area contributed by atoms with Gasteiger partial charge in [0, 0.05) is 5.69 Å². The lowest BCUT2D eigenvalue weighted by Gasteiger charge is -2.11. The van der Waals surface area contributed by atoms with Gasteiger partial charge in [0.05, 0.1) is 16.6 Å². The van der Waals surface area contributed by atoms with E-state index in [0.717, 1.165) is 17.7 Å². The van der Waals surface area contributed by atoms with E-state index < -0.39 is 11.7 Å². The molecule has 3 aromatic rings. The van der Waals surface area contributed by atoms with Crippen molar-refractivity contribution in [2.75, 3.05) is 5.73 Å². The Labute approximate surface area is 118 Å². The quantitative estimate of drug-likeness (QED) is 0.738. The summed E-state index contributed by atoms with van der Waals surface area (Å²) in [6.07, 6.45) is -4.39. The van der Waals surface area contributed by atoms with E-state index in [-0.39, 0.29) is 5.95 Å². The Morgan fingerprint density at radius 2 is 1.86 bits per heavy atom. The van der Waals surface area contributed by atoms with Crippen molar-refractivity contribution in [1.82, 2.24) is 9.55 Å². The minimum atomic E-state index is -4.39. The summed E-state index contributed by atoms with van der Waals surface area (Å²) in [4.78, 5) is 4.18. The highest BCUT2D eigenvalue weighted by molar-refractivity contribution is 5.81. The summed E-state index contributed by atoms with van der Waals surface area (Å²) in [5, 5.41) is 0. The number of hydrogen-bond donors (Lipinski definition) is 1. The molecule has 0 saturated heterocycles. The zero-order chi connectivity index (χ0) is 15.2. The Bertz CT molecular complexity index is 819. The lowest BCUT2D eigenvalue weighted by Crippen LogP contribution is -2.07. The van der Waals surface area contributed by atoms with E-state index in [1.54, 1.807) is 12.1 Å². The summed E-state index contributed by atoms with van der Waals surface area (Å²) in [5.41, 5.74) is 7.81. The third-order valence-electron chi connectivity index (χ3n) is 3.27. The molecule has 0 aliphatic carbocycles. The average molecular weight is 291 g/mol. The van der Waals surface area contributed by atoms with Crippen molar-refractivity contribution in [2.45, 2.75) is 13.1 Å². The van der Waals surface area contributed by atoms with Crippen LogP contribution in [-0.4, -0.2) is 9.55 Å². The number of aryl methyl sites for hydroxylation is 1. The Kier molecular flexibility index (Phi) is 2.90. The smallest absolute Gasteiger partial charge is 0.369 e. The molecule has 1 heterocycles. The Morgan fingerprint density at radius 1 is 1.10 bits per heavy atom. The standard InChI is InChI=1S/C15H12F3N3/c1-9-5-6-12-13(7-9)21(14(19)20-12)11-4-2-3-10(8-11)15(16,17)18/h2-8H,1H3,(H2,19,20). The molecule has 3 rings (SSSR count). The average Bonchev–Trinajstić information content (AvgIpc) is 2.73. The van der Waals surface area contributed by atoms with Gasteiger partial charge in [-0.3, -0.25) is 4.57 Å². The van der Waals surface area contributed by atoms with Gasteiger partial charge < -0.3 is 5.73 Å². The van der Waals surface area contributed by atoms with Crippen LogP contribution in [0.1, 0.15) is 11.1 Å². The van der Waals surface area contributed by atoms with Crippen LogP contribution in [0.25, 0.3) is 16.7 Å². The molecule has 21 heavy (non-hydrogen) atoms. The number of nitrogen functional groups attached to an aromatic ring is 1. The van der Waals surface area contributed by atoms with Gasteiger partial charge in [0.2, 0.25) is 5.95 Å². The van der Waals surface area contributed by atoms with Crippen LogP contribution >= 0.6 is 0 Å². The summed E-state index contributed by atoms with van der Waals surface area (Å²) < 4.78 is 40.0. The Balaban J connectivity index is 2.25. The van der Waals surface area contributed by atoms with Crippen molar-refractivity contribution in [2.24, 2.45) is 0 Å². The molecule has 0 bridgehead atoms. The molecule has 0 saturated carbocycles. The molecule has 0 amide bonds. The third kappa shape index (κ3) is 2.33. The first-order chi connectivity index (χ1) is 9.86. The molecule has 2 N–H and O–H groups in total. The fourth-order valence-corrected chi connectivity index (χ4v) is 2.30. The van der Waals surface area contributed by atoms with Gasteiger partial charge in [-0.05, 0) is 42.8 Å². The molecule has 0 spiro atoms. The second-order valence-corrected chi connectivity index (χ2v) is 4.85. The summed E-state index contributed by atoms with van der Waals surface area (Å²) in [5.74, 6) is 0.162. The van der Waals surface area contributed by atoms with Crippen LogP contribution in [0, 0.1) is 6.92 Å². The number of imidazole rings is 1. The predicted molar refractivity (Wildman–Crippen MR) is 75.2 cm³/mol. The highest BCUT2D eigenvalue weighted by atomic mass is 19.4. The molecule has 0 unspecified atom stereocenters. The normalized spacial score (nSPS) is 12.0. The van der Waals surface area contributed by atoms with Gasteiger partial charge in [-0.1, -0.05) is 12.1 Å². The molecule has 0 radical (unpaired) electrons. The molecular formula is C15H12F3N3. The monoisotopic (exact) mass is 291 g/mol. The first-order valence-electron chi connectivity index (χ1n) is 6.28. The van der Waals surface area contributed by atoms with Gasteiger partial charge in [-0.25, -0.2) is 4.98 Å². The summed E-state index contributed by atoms with van der Waals surface area (Å²) in [6, 6.07) is 10.6. The minimum Gasteiger partial charge on any atom is -0.369 e. The number of halogens is 3. The van der Waals surface area contributed by atoms with Gasteiger partial charge >= 0.3 is 6.18 Å². The summed E-state index contributed by atoms with van der Waals surface area (Å²) >= 11 is 0. The predicted octanol–water partition coefficient (Wildman–Crippen LogP) is 3.93. The van der Waals surface area contributed by atoms with E-state index in [1.165, 1.54) is 10.6 Å². The van der Waals surface area contributed by atoms with Crippen LogP contribution in [0.3, 0.4) is 0 Å². The molecule has 6 heteroatoms. The van der Waals surface area contributed by atoms with E-state index in [4.69, 9.17) is 5.73 Å². The maximum absolute atomic E-state index is 12.8. The highest BCUT2D eigenvalue weighted by Gasteiger charge is 2.30. The van der Waals surface area contributed by atoms with Crippen LogP contribution in [-0.2, 0) is 6.18 Å². The number of alkyl halides is 3. The lowest BCUT2D eigenvalue weighted by molar-refractivity contribution is -0.137. The minimum absolute atomic E-state index is 0.162. The molecule has 0 aliphatic heterocycles. The maximum Gasteiger partial charge on any atom is 0.416 e. The molecule has 2 aromatic carbocycles. The topological polar surface area (TPSA) is 43.8 Å². The number of nitrogens with two attached hydrogens (primary N) is 1. The van der Waals surface area contributed by atoms with Crippen LogP contribution in [0.15, 0.2) is 42.5 Å². The lowest BCUT2D eigenvalue weighted by atomic mass is 10.2. The highest BCUT2D eigenvalue weighted by Crippen LogP contribution is 2.32. The van der Waals surface area contributed by atoms with Gasteiger partial charge in [-0.15, -0.1) is 0 Å². The largest absolute Gasteiger partial charge is 0.416 e. The maximum atomic E-state index is 12.8. The number of benzene rings is 2. The van der Waals surface area contributed by atoms with Crippen LogP contribution < -0.4 is 5.73 Å². The Hall–Kier alpha value is -2.50. The van der Waals surface area contributed by atoms with E-state index in [9.17, 15) is 13.2 Å². The first kappa shape index (κ1) is 13.5. The van der Waals surface area contributed by atoms with E-state index >= 15 is 0 Å². The molecular weight excluding hydrogens is 279 g/mol. The van der Waals surface area contributed by atoms with Gasteiger partial charge in [-0.2, -0.15) is 13.2 Å². The molecule has 0 aliphatic rings. The number of anilines is 1. The van der Waals surface area contributed by atoms with E-state index in [1.807, 2.05) is 19.1 Å². The van der Waals surface area contributed by atoms with Crippen molar-refractivity contribution < 1.29 is 13.2 Å². The number of aromatic nitrogens is 2. The molecule has 0 fully saturated rings. The third-order valence-corrected chi connectivity index (χ3v) is 3.27. The number of fused-ring (bicyclic) bond motifs is 1. The second-order valence-electron chi connectivity index (χ2n) is 4.85. The van der Waals surface area contributed by atoms with Gasteiger partial charge in [0.1, 0.15) is 0 Å². The number of nitrogens with zero attached hydrogens (tertiary/aromatic N) is 2. The molecule has 0 atom stereocenters. The SMILES string of the molecule is Cc1ccc2nc(N)n(-c3cccc(C(F)(F)F)c3)c2c1. The van der Waals surface area contributed by atoms with E-state index in [2.05, 4.69) is 4.98 Å². The molecule has 108 valence electrons. The summed E-state index contributed by atoms with van der Waals surface area (Å²) in [7, 11) is 0. The fourth-order valence-electron chi connectivity index (χ4n) is 2.30. The number of rotatable bonds is 1.